The van der Waals surface area contributed by atoms with Gasteiger partial charge in [0.1, 0.15) is 11.5 Å². The summed E-state index contributed by atoms with van der Waals surface area (Å²) in [6.07, 6.45) is 7.77. The molecule has 0 aliphatic carbocycles. The van der Waals surface area contributed by atoms with Gasteiger partial charge in [-0.05, 0) is 96.8 Å². The Morgan fingerprint density at radius 1 is 0.545 bits per heavy atom. The third-order valence-corrected chi connectivity index (χ3v) is 7.89. The molecule has 6 aromatic rings. The second kappa shape index (κ2) is 13.0. The van der Waals surface area contributed by atoms with Crippen molar-refractivity contribution in [3.8, 4) is 22.6 Å². The summed E-state index contributed by atoms with van der Waals surface area (Å²) < 4.78 is 14.9. The van der Waals surface area contributed by atoms with E-state index in [2.05, 4.69) is 13.8 Å². The van der Waals surface area contributed by atoms with Crippen molar-refractivity contribution in [2.45, 2.75) is 39.5 Å². The molecule has 4 aromatic carbocycles. The van der Waals surface area contributed by atoms with E-state index < -0.39 is 0 Å². The zero-order valence-electron chi connectivity index (χ0n) is 25.2. The number of benzene rings is 4. The lowest BCUT2D eigenvalue weighted by atomic mass is 10.0. The van der Waals surface area contributed by atoms with Gasteiger partial charge in [-0.2, -0.15) is 0 Å². The van der Waals surface area contributed by atoms with Crippen molar-refractivity contribution >= 4 is 33.6 Å². The molecular weight excluding hydrogens is 548 g/mol. The average molecular weight is 585 g/mol. The molecule has 6 heteroatoms. The fourth-order valence-electron chi connectivity index (χ4n) is 5.30. The van der Waals surface area contributed by atoms with Gasteiger partial charge in [-0.1, -0.05) is 51.0 Å². The Kier molecular flexibility index (Phi) is 8.59. The van der Waals surface area contributed by atoms with E-state index in [9.17, 15) is 9.59 Å². The normalized spacial score (nSPS) is 11.2. The Morgan fingerprint density at radius 2 is 0.955 bits per heavy atom. The quantitative estimate of drug-likeness (QED) is 0.143. The molecule has 222 valence electrons. The first-order chi connectivity index (χ1) is 21.6. The minimum absolute atomic E-state index is 0.103. The summed E-state index contributed by atoms with van der Waals surface area (Å²) in [6.45, 7) is 5.59. The average Bonchev–Trinajstić information content (AvgIpc) is 3.69. The predicted octanol–water partition coefficient (Wildman–Crippen LogP) is 9.00. The molecule has 6 rings (SSSR count). The minimum atomic E-state index is -0.103. The van der Waals surface area contributed by atoms with Crippen molar-refractivity contribution in [1.82, 2.24) is 9.13 Å². The first kappa shape index (κ1) is 29.0. The lowest BCUT2D eigenvalue weighted by Crippen LogP contribution is -2.11. The number of ether oxygens (including phenoxy) is 2. The van der Waals surface area contributed by atoms with Gasteiger partial charge in [0, 0.05) is 34.3 Å². The van der Waals surface area contributed by atoms with Crippen molar-refractivity contribution in [1.29, 1.82) is 0 Å². The van der Waals surface area contributed by atoms with Gasteiger partial charge in [0.15, 0.2) is 0 Å². The Bertz CT molecular complexity index is 1770. The van der Waals surface area contributed by atoms with Crippen LogP contribution < -0.4 is 9.47 Å². The van der Waals surface area contributed by atoms with Crippen LogP contribution in [0.15, 0.2) is 109 Å². The first-order valence-corrected chi connectivity index (χ1v) is 15.3. The van der Waals surface area contributed by atoms with Gasteiger partial charge in [-0.25, -0.2) is 0 Å². The number of nitrogens with zero attached hydrogens (tertiary/aromatic N) is 2. The van der Waals surface area contributed by atoms with Crippen LogP contribution in [0.3, 0.4) is 0 Å². The third-order valence-electron chi connectivity index (χ3n) is 7.89. The molecule has 0 saturated heterocycles. The van der Waals surface area contributed by atoms with Crippen LogP contribution in [-0.4, -0.2) is 34.2 Å². The van der Waals surface area contributed by atoms with Crippen LogP contribution >= 0.6 is 0 Å². The number of aromatic nitrogens is 2. The van der Waals surface area contributed by atoms with E-state index in [1.807, 2.05) is 109 Å². The van der Waals surface area contributed by atoms with Gasteiger partial charge in [0.05, 0.1) is 24.2 Å². The maximum Gasteiger partial charge on any atom is 0.262 e. The van der Waals surface area contributed by atoms with E-state index >= 15 is 0 Å². The lowest BCUT2D eigenvalue weighted by Gasteiger charge is -2.10. The Morgan fingerprint density at radius 3 is 1.34 bits per heavy atom. The molecule has 0 aliphatic heterocycles. The highest BCUT2D eigenvalue weighted by molar-refractivity contribution is 6.04. The summed E-state index contributed by atoms with van der Waals surface area (Å²) in [4.78, 5) is 27.0. The Balaban J connectivity index is 1.26. The highest BCUT2D eigenvalue weighted by Crippen LogP contribution is 2.30. The fourth-order valence-corrected chi connectivity index (χ4v) is 5.30. The monoisotopic (exact) mass is 584 g/mol. The van der Waals surface area contributed by atoms with E-state index in [4.69, 9.17) is 9.47 Å². The van der Waals surface area contributed by atoms with Gasteiger partial charge in [-0.15, -0.1) is 0 Å². The van der Waals surface area contributed by atoms with Gasteiger partial charge < -0.3 is 9.47 Å². The SMILES string of the molecule is CCCCOc1ccc(C(=O)n2ccc3ccc(-c4ccc5ccn(C(=O)c6ccc(OCCCC)cc6)c5c4)cc32)cc1. The van der Waals surface area contributed by atoms with Crippen molar-refractivity contribution in [3.63, 3.8) is 0 Å². The van der Waals surface area contributed by atoms with Gasteiger partial charge in [0.25, 0.3) is 11.8 Å². The summed E-state index contributed by atoms with van der Waals surface area (Å²) in [5.74, 6) is 1.33. The standard InChI is InChI=1S/C38H36N2O4/c1-3-5-23-43-33-15-11-29(12-16-33)37(41)39-21-19-27-7-9-31(25-35(27)39)32-10-8-28-20-22-40(36(28)26-32)38(42)30-13-17-34(18-14-30)44-24-6-4-2/h7-22,25-26H,3-6,23-24H2,1-2H3. The minimum Gasteiger partial charge on any atom is -0.494 e. The van der Waals surface area contributed by atoms with Crippen molar-refractivity contribution < 1.29 is 19.1 Å². The fraction of sp³-hybridized carbons (Fsp3) is 0.211. The number of hydrogen-bond donors (Lipinski definition) is 0. The van der Waals surface area contributed by atoms with E-state index in [1.54, 1.807) is 9.13 Å². The van der Waals surface area contributed by atoms with Crippen LogP contribution in [0.25, 0.3) is 32.9 Å². The van der Waals surface area contributed by atoms with Crippen LogP contribution in [0, 0.1) is 0 Å². The number of carbonyl (C=O) groups is 2. The molecule has 0 N–H and O–H groups in total. The zero-order chi connectivity index (χ0) is 30.5. The van der Waals surface area contributed by atoms with Crippen LogP contribution in [-0.2, 0) is 0 Å². The first-order valence-electron chi connectivity index (χ1n) is 15.3. The van der Waals surface area contributed by atoms with Crippen molar-refractivity contribution in [3.05, 3.63) is 121 Å². The molecule has 0 amide bonds. The smallest absolute Gasteiger partial charge is 0.262 e. The molecule has 0 saturated carbocycles. The van der Waals surface area contributed by atoms with Gasteiger partial charge in [-0.3, -0.25) is 18.7 Å². The number of unbranched alkanes of at least 4 members (excludes halogenated alkanes) is 2. The highest BCUT2D eigenvalue weighted by Gasteiger charge is 2.15. The summed E-state index contributed by atoms with van der Waals surface area (Å²) in [6, 6.07) is 30.7. The van der Waals surface area contributed by atoms with Crippen LogP contribution in [0.2, 0.25) is 0 Å². The molecule has 2 heterocycles. The molecule has 0 atom stereocenters. The summed E-state index contributed by atoms with van der Waals surface area (Å²) in [5, 5.41) is 1.95. The van der Waals surface area contributed by atoms with E-state index in [0.29, 0.717) is 24.3 Å². The predicted molar refractivity (Wildman–Crippen MR) is 176 cm³/mol. The highest BCUT2D eigenvalue weighted by atomic mass is 16.5. The molecule has 2 aromatic heterocycles. The molecule has 0 spiro atoms. The number of rotatable bonds is 11. The zero-order valence-corrected chi connectivity index (χ0v) is 25.2. The van der Waals surface area contributed by atoms with Crippen LogP contribution in [0.5, 0.6) is 11.5 Å². The van der Waals surface area contributed by atoms with Crippen LogP contribution in [0.1, 0.15) is 60.2 Å². The molecule has 44 heavy (non-hydrogen) atoms. The molecule has 0 radical (unpaired) electrons. The molecule has 0 aliphatic rings. The summed E-state index contributed by atoms with van der Waals surface area (Å²) in [7, 11) is 0. The number of fused-ring (bicyclic) bond motifs is 2. The Labute approximate surface area is 257 Å². The largest absolute Gasteiger partial charge is 0.494 e. The van der Waals surface area contributed by atoms with E-state index in [0.717, 1.165) is 70.1 Å². The molecule has 6 nitrogen and oxygen atoms in total. The van der Waals surface area contributed by atoms with E-state index in [-0.39, 0.29) is 11.8 Å². The maximum absolute atomic E-state index is 13.5. The van der Waals surface area contributed by atoms with Gasteiger partial charge in [0.2, 0.25) is 0 Å². The molecule has 0 fully saturated rings. The third kappa shape index (κ3) is 6.02. The molecule has 0 unspecified atom stereocenters. The second-order valence-electron chi connectivity index (χ2n) is 11.0. The van der Waals surface area contributed by atoms with Crippen molar-refractivity contribution in [2.24, 2.45) is 0 Å². The summed E-state index contributed by atoms with van der Waals surface area (Å²) in [5.41, 5.74) is 4.75. The van der Waals surface area contributed by atoms with E-state index in [1.165, 1.54) is 0 Å². The summed E-state index contributed by atoms with van der Waals surface area (Å²) >= 11 is 0. The lowest BCUT2D eigenvalue weighted by molar-refractivity contribution is 0.0957. The molecule has 0 bridgehead atoms. The maximum atomic E-state index is 13.5. The van der Waals surface area contributed by atoms with Crippen molar-refractivity contribution in [2.75, 3.05) is 13.2 Å². The number of hydrogen-bond acceptors (Lipinski definition) is 4. The number of carbonyl (C=O) groups excluding carboxylic acids is 2. The Hall–Kier alpha value is -5.10. The second-order valence-corrected chi connectivity index (χ2v) is 11.0. The molecular formula is C38H36N2O4. The topological polar surface area (TPSA) is 62.5 Å². The van der Waals surface area contributed by atoms with Gasteiger partial charge >= 0.3 is 0 Å². The van der Waals surface area contributed by atoms with Crippen LogP contribution in [0.4, 0.5) is 0 Å².